The molecule has 0 aliphatic carbocycles. The van der Waals surface area contributed by atoms with E-state index in [2.05, 4.69) is 15.6 Å². The lowest BCUT2D eigenvalue weighted by molar-refractivity contribution is -0.141. The Balaban J connectivity index is 2.66. The molecule has 0 spiro atoms. The van der Waals surface area contributed by atoms with Gasteiger partial charge in [0.05, 0.1) is 5.69 Å². The van der Waals surface area contributed by atoms with E-state index in [-0.39, 0.29) is 12.3 Å². The fourth-order valence-electron chi connectivity index (χ4n) is 1.14. The predicted octanol–water partition coefficient (Wildman–Crippen LogP) is -1.05. The highest BCUT2D eigenvalue weighted by Gasteiger charge is 2.20. The molecule has 1 unspecified atom stereocenters. The SMILES string of the molecule is CC(=O)NC(Cc1cn(C)nn1)C(=O)O. The van der Waals surface area contributed by atoms with Gasteiger partial charge in [-0.05, 0) is 0 Å². The van der Waals surface area contributed by atoms with Gasteiger partial charge in [-0.1, -0.05) is 5.21 Å². The number of aliphatic carboxylic acids is 1. The maximum atomic E-state index is 10.8. The molecule has 1 atom stereocenters. The normalized spacial score (nSPS) is 12.1. The van der Waals surface area contributed by atoms with Crippen molar-refractivity contribution in [2.24, 2.45) is 7.05 Å². The number of nitrogens with zero attached hydrogens (tertiary/aromatic N) is 3. The van der Waals surface area contributed by atoms with E-state index < -0.39 is 12.0 Å². The number of aromatic nitrogens is 3. The lowest BCUT2D eigenvalue weighted by Gasteiger charge is -2.10. The van der Waals surface area contributed by atoms with E-state index in [0.717, 1.165) is 0 Å². The Morgan fingerprint density at radius 2 is 2.33 bits per heavy atom. The van der Waals surface area contributed by atoms with E-state index in [9.17, 15) is 9.59 Å². The van der Waals surface area contributed by atoms with Gasteiger partial charge < -0.3 is 10.4 Å². The molecule has 0 fully saturated rings. The van der Waals surface area contributed by atoms with Crippen molar-refractivity contribution in [3.8, 4) is 0 Å². The Bertz CT molecular complexity index is 374. The number of rotatable bonds is 4. The van der Waals surface area contributed by atoms with Crippen molar-refractivity contribution >= 4 is 11.9 Å². The van der Waals surface area contributed by atoms with Crippen LogP contribution in [0.1, 0.15) is 12.6 Å². The first-order valence-electron chi connectivity index (χ1n) is 4.34. The number of nitrogens with one attached hydrogen (secondary N) is 1. The Labute approximate surface area is 86.1 Å². The first-order chi connectivity index (χ1) is 6.99. The van der Waals surface area contributed by atoms with Gasteiger partial charge in [-0.25, -0.2) is 4.79 Å². The minimum Gasteiger partial charge on any atom is -0.480 e. The number of carbonyl (C=O) groups excluding carboxylic acids is 1. The van der Waals surface area contributed by atoms with Gasteiger partial charge >= 0.3 is 5.97 Å². The van der Waals surface area contributed by atoms with Gasteiger partial charge in [-0.3, -0.25) is 9.48 Å². The first kappa shape index (κ1) is 11.2. The number of hydrogen-bond acceptors (Lipinski definition) is 4. The van der Waals surface area contributed by atoms with Crippen LogP contribution in [0, 0.1) is 0 Å². The average molecular weight is 212 g/mol. The van der Waals surface area contributed by atoms with Crippen LogP contribution in [0.5, 0.6) is 0 Å². The molecule has 0 saturated heterocycles. The fourth-order valence-corrected chi connectivity index (χ4v) is 1.14. The maximum absolute atomic E-state index is 10.8. The smallest absolute Gasteiger partial charge is 0.326 e. The van der Waals surface area contributed by atoms with Crippen LogP contribution in [-0.2, 0) is 23.1 Å². The quantitative estimate of drug-likeness (QED) is 0.663. The van der Waals surface area contributed by atoms with Crippen molar-refractivity contribution in [1.29, 1.82) is 0 Å². The Kier molecular flexibility index (Phi) is 3.37. The number of hydrogen-bond donors (Lipinski definition) is 2. The van der Waals surface area contributed by atoms with Gasteiger partial charge in [-0.15, -0.1) is 5.10 Å². The number of carboxylic acids is 1. The Hall–Kier alpha value is -1.92. The molecule has 0 saturated carbocycles. The summed E-state index contributed by atoms with van der Waals surface area (Å²) < 4.78 is 1.47. The molecule has 7 nitrogen and oxygen atoms in total. The molecule has 7 heteroatoms. The lowest BCUT2D eigenvalue weighted by atomic mass is 10.1. The summed E-state index contributed by atoms with van der Waals surface area (Å²) >= 11 is 0. The molecule has 2 N–H and O–H groups in total. The van der Waals surface area contributed by atoms with Gasteiger partial charge in [0.25, 0.3) is 0 Å². The van der Waals surface area contributed by atoms with Crippen molar-refractivity contribution in [1.82, 2.24) is 20.3 Å². The fraction of sp³-hybridized carbons (Fsp3) is 0.500. The van der Waals surface area contributed by atoms with Crippen LogP contribution in [0.3, 0.4) is 0 Å². The summed E-state index contributed by atoms with van der Waals surface area (Å²) in [6, 6.07) is -0.959. The largest absolute Gasteiger partial charge is 0.480 e. The van der Waals surface area contributed by atoms with Gasteiger partial charge in [-0.2, -0.15) is 0 Å². The molecule has 1 aromatic rings. The van der Waals surface area contributed by atoms with Gasteiger partial charge in [0.15, 0.2) is 0 Å². The molecule has 1 aromatic heterocycles. The van der Waals surface area contributed by atoms with Crippen molar-refractivity contribution in [2.45, 2.75) is 19.4 Å². The molecule has 0 aliphatic rings. The molecule has 0 aliphatic heterocycles. The molecule has 1 rings (SSSR count). The minimum atomic E-state index is -1.09. The van der Waals surface area contributed by atoms with Gasteiger partial charge in [0, 0.05) is 26.6 Å². The molecular formula is C8H12N4O3. The molecule has 1 heterocycles. The van der Waals surface area contributed by atoms with Crippen molar-refractivity contribution in [2.75, 3.05) is 0 Å². The van der Waals surface area contributed by atoms with Gasteiger partial charge in [0.2, 0.25) is 5.91 Å². The average Bonchev–Trinajstić information content (AvgIpc) is 2.49. The van der Waals surface area contributed by atoms with Gasteiger partial charge in [0.1, 0.15) is 6.04 Å². The number of carboxylic acid groups (broad SMARTS) is 1. The van der Waals surface area contributed by atoms with Crippen LogP contribution >= 0.6 is 0 Å². The molecule has 82 valence electrons. The van der Waals surface area contributed by atoms with Crippen LogP contribution in [0.4, 0.5) is 0 Å². The summed E-state index contributed by atoms with van der Waals surface area (Å²) in [6.07, 6.45) is 1.74. The van der Waals surface area contributed by atoms with Crippen molar-refractivity contribution in [3.05, 3.63) is 11.9 Å². The monoisotopic (exact) mass is 212 g/mol. The second-order valence-electron chi connectivity index (χ2n) is 3.18. The number of carbonyl (C=O) groups is 2. The summed E-state index contributed by atoms with van der Waals surface area (Å²) in [5.74, 6) is -1.47. The third-order valence-corrected chi connectivity index (χ3v) is 1.74. The first-order valence-corrected chi connectivity index (χ1v) is 4.34. The number of amides is 1. The molecule has 1 amide bonds. The predicted molar refractivity (Wildman–Crippen MR) is 49.9 cm³/mol. The zero-order valence-electron chi connectivity index (χ0n) is 8.47. The van der Waals surface area contributed by atoms with E-state index >= 15 is 0 Å². The second-order valence-corrected chi connectivity index (χ2v) is 3.18. The lowest BCUT2D eigenvalue weighted by Crippen LogP contribution is -2.41. The summed E-state index contributed by atoms with van der Waals surface area (Å²) in [4.78, 5) is 21.5. The van der Waals surface area contributed by atoms with Crippen LogP contribution in [-0.4, -0.2) is 38.0 Å². The zero-order valence-corrected chi connectivity index (χ0v) is 8.47. The van der Waals surface area contributed by atoms with Crippen LogP contribution < -0.4 is 5.32 Å². The van der Waals surface area contributed by atoms with Crippen LogP contribution in [0.25, 0.3) is 0 Å². The Morgan fingerprint density at radius 1 is 1.67 bits per heavy atom. The highest BCUT2D eigenvalue weighted by atomic mass is 16.4. The molecule has 0 radical (unpaired) electrons. The summed E-state index contributed by atoms with van der Waals surface area (Å²) in [7, 11) is 1.69. The topological polar surface area (TPSA) is 97.1 Å². The minimum absolute atomic E-state index is 0.128. The van der Waals surface area contributed by atoms with Crippen molar-refractivity contribution in [3.63, 3.8) is 0 Å². The Morgan fingerprint density at radius 3 is 2.73 bits per heavy atom. The molecule has 15 heavy (non-hydrogen) atoms. The third kappa shape index (κ3) is 3.37. The molecule has 0 bridgehead atoms. The third-order valence-electron chi connectivity index (χ3n) is 1.74. The highest BCUT2D eigenvalue weighted by Crippen LogP contribution is 1.98. The van der Waals surface area contributed by atoms with Crippen molar-refractivity contribution < 1.29 is 14.7 Å². The molecular weight excluding hydrogens is 200 g/mol. The van der Waals surface area contributed by atoms with E-state index in [1.165, 1.54) is 11.6 Å². The second kappa shape index (κ2) is 4.54. The standard InChI is InChI=1S/C8H12N4O3/c1-5(13)9-7(8(14)15)3-6-4-12(2)11-10-6/h4,7H,3H2,1-2H3,(H,9,13)(H,14,15). The zero-order chi connectivity index (χ0) is 11.4. The summed E-state index contributed by atoms with van der Waals surface area (Å²) in [6.45, 7) is 1.27. The molecule has 0 aromatic carbocycles. The summed E-state index contributed by atoms with van der Waals surface area (Å²) in [5, 5.41) is 18.6. The highest BCUT2D eigenvalue weighted by molar-refractivity contribution is 5.82. The maximum Gasteiger partial charge on any atom is 0.326 e. The van der Waals surface area contributed by atoms with E-state index in [1.807, 2.05) is 0 Å². The van der Waals surface area contributed by atoms with E-state index in [0.29, 0.717) is 5.69 Å². The number of aryl methyl sites for hydroxylation is 1. The van der Waals surface area contributed by atoms with Crippen LogP contribution in [0.15, 0.2) is 6.20 Å². The summed E-state index contributed by atoms with van der Waals surface area (Å²) in [5.41, 5.74) is 0.527. The van der Waals surface area contributed by atoms with Crippen LogP contribution in [0.2, 0.25) is 0 Å². The van der Waals surface area contributed by atoms with E-state index in [4.69, 9.17) is 5.11 Å². The van der Waals surface area contributed by atoms with E-state index in [1.54, 1.807) is 13.2 Å².